The van der Waals surface area contributed by atoms with Crippen LogP contribution in [0.25, 0.3) is 0 Å². The minimum absolute atomic E-state index is 0.0816. The number of allylic oxidation sites excluding steroid dienone is 1. The van der Waals surface area contributed by atoms with Crippen LogP contribution in [0, 0.1) is 5.41 Å². The molecule has 0 aliphatic carbocycles. The van der Waals surface area contributed by atoms with E-state index in [-0.39, 0.29) is 18.1 Å². The molecular formula is C8H14O2. The molecule has 1 N–H and O–H groups in total. The zero-order chi connectivity index (χ0) is 7.61. The molecule has 2 nitrogen and oxygen atoms in total. The summed E-state index contributed by atoms with van der Waals surface area (Å²) in [5, 5.41) is 9.00. The summed E-state index contributed by atoms with van der Waals surface area (Å²) in [4.78, 5) is 0. The van der Waals surface area contributed by atoms with Gasteiger partial charge in [0.25, 0.3) is 0 Å². The second-order valence-electron chi connectivity index (χ2n) is 3.13. The second-order valence-corrected chi connectivity index (χ2v) is 3.13. The lowest BCUT2D eigenvalue weighted by Gasteiger charge is -2.22. The number of hydrogen-bond acceptors (Lipinski definition) is 2. The minimum Gasteiger partial charge on any atom is -0.396 e. The van der Waals surface area contributed by atoms with Crippen molar-refractivity contribution in [3.05, 3.63) is 12.7 Å². The predicted molar refractivity (Wildman–Crippen MR) is 39.7 cm³/mol. The Labute approximate surface area is 61.5 Å². The molecule has 58 valence electrons. The smallest absolute Gasteiger partial charge is 0.0888 e. The van der Waals surface area contributed by atoms with Gasteiger partial charge in [0, 0.05) is 5.41 Å². The van der Waals surface area contributed by atoms with Gasteiger partial charge in [0.15, 0.2) is 0 Å². The first kappa shape index (κ1) is 7.76. The molecule has 0 aromatic carbocycles. The van der Waals surface area contributed by atoms with Crippen LogP contribution in [0.1, 0.15) is 13.3 Å². The van der Waals surface area contributed by atoms with Crippen molar-refractivity contribution in [1.82, 2.24) is 0 Å². The highest BCUT2D eigenvalue weighted by Crippen LogP contribution is 2.35. The molecular weight excluding hydrogens is 128 g/mol. The highest BCUT2D eigenvalue weighted by atomic mass is 16.6. The van der Waals surface area contributed by atoms with E-state index in [1.54, 1.807) is 0 Å². The highest BCUT2D eigenvalue weighted by molar-refractivity contribution is 4.94. The Bertz CT molecular complexity index is 129. The Balaban J connectivity index is 2.46. The molecule has 2 heteroatoms. The van der Waals surface area contributed by atoms with Crippen molar-refractivity contribution in [2.45, 2.75) is 19.4 Å². The van der Waals surface area contributed by atoms with Crippen molar-refractivity contribution < 1.29 is 9.84 Å². The van der Waals surface area contributed by atoms with Gasteiger partial charge in [0.1, 0.15) is 0 Å². The first-order valence-electron chi connectivity index (χ1n) is 3.56. The van der Waals surface area contributed by atoms with Crippen LogP contribution in [-0.2, 0) is 4.74 Å². The molecule has 1 saturated heterocycles. The van der Waals surface area contributed by atoms with Crippen molar-refractivity contribution in [2.75, 3.05) is 13.2 Å². The molecule has 2 atom stereocenters. The number of hydrogen-bond donors (Lipinski definition) is 1. The number of aliphatic hydroxyl groups excluding tert-OH is 1. The van der Waals surface area contributed by atoms with Gasteiger partial charge in [-0.15, -0.1) is 6.58 Å². The van der Waals surface area contributed by atoms with Gasteiger partial charge in [-0.3, -0.25) is 0 Å². The summed E-state index contributed by atoms with van der Waals surface area (Å²) in [7, 11) is 0. The molecule has 2 unspecified atom stereocenters. The van der Waals surface area contributed by atoms with Crippen LogP contribution in [0.2, 0.25) is 0 Å². The zero-order valence-corrected chi connectivity index (χ0v) is 6.34. The van der Waals surface area contributed by atoms with E-state index in [9.17, 15) is 0 Å². The van der Waals surface area contributed by atoms with Gasteiger partial charge in [-0.25, -0.2) is 0 Å². The molecule has 1 heterocycles. The normalized spacial score (nSPS) is 29.2. The Morgan fingerprint density at radius 1 is 1.90 bits per heavy atom. The fraction of sp³-hybridized carbons (Fsp3) is 0.750. The molecule has 1 aliphatic rings. The van der Waals surface area contributed by atoms with Crippen molar-refractivity contribution in [3.8, 4) is 0 Å². The molecule has 0 saturated carbocycles. The third-order valence-electron chi connectivity index (χ3n) is 2.08. The van der Waals surface area contributed by atoms with E-state index in [2.05, 4.69) is 6.58 Å². The summed E-state index contributed by atoms with van der Waals surface area (Å²) < 4.78 is 5.11. The molecule has 10 heavy (non-hydrogen) atoms. The Kier molecular flexibility index (Phi) is 2.11. The molecule has 0 amide bonds. The molecule has 1 rings (SSSR count). The van der Waals surface area contributed by atoms with E-state index < -0.39 is 0 Å². The number of epoxide rings is 1. The maximum Gasteiger partial charge on any atom is 0.0888 e. The molecule has 1 fully saturated rings. The Morgan fingerprint density at radius 3 is 2.80 bits per heavy atom. The van der Waals surface area contributed by atoms with Crippen molar-refractivity contribution in [3.63, 3.8) is 0 Å². The van der Waals surface area contributed by atoms with E-state index >= 15 is 0 Å². The molecule has 0 bridgehead atoms. The Hall–Kier alpha value is -0.340. The summed E-state index contributed by atoms with van der Waals surface area (Å²) in [5.74, 6) is 0. The average Bonchev–Trinajstić information content (AvgIpc) is 2.69. The summed E-state index contributed by atoms with van der Waals surface area (Å²) >= 11 is 0. The maximum absolute atomic E-state index is 9.00. The summed E-state index contributed by atoms with van der Waals surface area (Å²) in [6.45, 7) is 6.64. The number of rotatable bonds is 4. The monoisotopic (exact) mass is 142 g/mol. The molecule has 0 radical (unpaired) electrons. The van der Waals surface area contributed by atoms with Crippen LogP contribution in [0.3, 0.4) is 0 Å². The van der Waals surface area contributed by atoms with Crippen LogP contribution < -0.4 is 0 Å². The zero-order valence-electron chi connectivity index (χ0n) is 6.34. The van der Waals surface area contributed by atoms with Crippen LogP contribution >= 0.6 is 0 Å². The van der Waals surface area contributed by atoms with Gasteiger partial charge in [-0.1, -0.05) is 13.0 Å². The van der Waals surface area contributed by atoms with E-state index in [1.807, 2.05) is 13.0 Å². The van der Waals surface area contributed by atoms with E-state index in [4.69, 9.17) is 9.84 Å². The third kappa shape index (κ3) is 1.39. The topological polar surface area (TPSA) is 32.8 Å². The fourth-order valence-electron chi connectivity index (χ4n) is 1.08. The highest BCUT2D eigenvalue weighted by Gasteiger charge is 2.41. The first-order chi connectivity index (χ1) is 4.73. The van der Waals surface area contributed by atoms with Crippen LogP contribution in [0.4, 0.5) is 0 Å². The summed E-state index contributed by atoms with van der Waals surface area (Å²) in [6.07, 6.45) is 2.92. The van der Waals surface area contributed by atoms with Gasteiger partial charge >= 0.3 is 0 Å². The van der Waals surface area contributed by atoms with E-state index in [1.165, 1.54) is 0 Å². The van der Waals surface area contributed by atoms with Crippen molar-refractivity contribution in [1.29, 1.82) is 0 Å². The van der Waals surface area contributed by atoms with Crippen molar-refractivity contribution in [2.24, 2.45) is 5.41 Å². The lowest BCUT2D eigenvalue weighted by molar-refractivity contribution is 0.109. The van der Waals surface area contributed by atoms with Crippen LogP contribution in [0.5, 0.6) is 0 Å². The first-order valence-corrected chi connectivity index (χ1v) is 3.56. The molecule has 0 aromatic rings. The van der Waals surface area contributed by atoms with Gasteiger partial charge in [-0.05, 0) is 6.42 Å². The van der Waals surface area contributed by atoms with Gasteiger partial charge in [-0.2, -0.15) is 0 Å². The maximum atomic E-state index is 9.00. The van der Waals surface area contributed by atoms with Gasteiger partial charge in [0.2, 0.25) is 0 Å². The lowest BCUT2D eigenvalue weighted by Crippen LogP contribution is -2.27. The fourth-order valence-corrected chi connectivity index (χ4v) is 1.08. The summed E-state index contributed by atoms with van der Waals surface area (Å²) in [5.41, 5.74) is -0.0816. The van der Waals surface area contributed by atoms with Crippen LogP contribution in [0.15, 0.2) is 12.7 Å². The SMILES string of the molecule is C=CCC(C)(CO)C1CO1. The summed E-state index contributed by atoms with van der Waals surface area (Å²) in [6, 6.07) is 0. The standard InChI is InChI=1S/C8H14O2/c1-3-4-8(2,6-9)7-5-10-7/h3,7,9H,1,4-6H2,2H3. The predicted octanol–water partition coefficient (Wildman–Crippen LogP) is 0.960. The largest absolute Gasteiger partial charge is 0.396 e. The molecule has 0 aromatic heterocycles. The average molecular weight is 142 g/mol. The van der Waals surface area contributed by atoms with Crippen molar-refractivity contribution >= 4 is 0 Å². The van der Waals surface area contributed by atoms with Gasteiger partial charge < -0.3 is 9.84 Å². The second kappa shape index (κ2) is 2.72. The third-order valence-corrected chi connectivity index (χ3v) is 2.08. The van der Waals surface area contributed by atoms with E-state index in [0.717, 1.165) is 13.0 Å². The van der Waals surface area contributed by atoms with E-state index in [0.29, 0.717) is 0 Å². The number of ether oxygens (including phenoxy) is 1. The lowest BCUT2D eigenvalue weighted by atomic mass is 9.84. The quantitative estimate of drug-likeness (QED) is 0.468. The molecule has 1 aliphatic heterocycles. The van der Waals surface area contributed by atoms with Gasteiger partial charge in [0.05, 0.1) is 19.3 Å². The number of aliphatic hydroxyl groups is 1. The minimum atomic E-state index is -0.0816. The van der Waals surface area contributed by atoms with Crippen LogP contribution in [-0.4, -0.2) is 24.4 Å². The Morgan fingerprint density at radius 2 is 2.50 bits per heavy atom. The molecule has 0 spiro atoms.